The molecule has 0 bridgehead atoms. The zero-order chi connectivity index (χ0) is 31.5. The van der Waals surface area contributed by atoms with Gasteiger partial charge in [0.2, 0.25) is 0 Å². The fourth-order valence-corrected chi connectivity index (χ4v) is 6.61. The van der Waals surface area contributed by atoms with E-state index in [-0.39, 0.29) is 23.2 Å². The van der Waals surface area contributed by atoms with Gasteiger partial charge in [0, 0.05) is 29.6 Å². The number of thiophene rings is 1. The maximum absolute atomic E-state index is 15.0. The number of nitrogens with one attached hydrogen (secondary N) is 1. The van der Waals surface area contributed by atoms with Gasteiger partial charge in [0.25, 0.3) is 5.56 Å². The van der Waals surface area contributed by atoms with Crippen LogP contribution in [0.2, 0.25) is 0 Å². The van der Waals surface area contributed by atoms with E-state index in [1.165, 1.54) is 29.1 Å². The Labute approximate surface area is 261 Å². The molecule has 2 aromatic heterocycles. The molecule has 0 aliphatic rings. The molecule has 0 saturated heterocycles. The van der Waals surface area contributed by atoms with Crippen LogP contribution in [0.3, 0.4) is 0 Å². The number of nitrogens with zero attached hydrogens (tertiary/aromatic N) is 2. The third kappa shape index (κ3) is 5.90. The maximum Gasteiger partial charge on any atom is 0.337 e. The molecule has 0 amide bonds. The second-order valence-corrected chi connectivity index (χ2v) is 11.3. The largest absolute Gasteiger partial charge is 0.497 e. The van der Waals surface area contributed by atoms with E-state index in [2.05, 4.69) is 5.32 Å². The van der Waals surface area contributed by atoms with Gasteiger partial charge < -0.3 is 14.8 Å². The van der Waals surface area contributed by atoms with Gasteiger partial charge in [0.05, 0.1) is 31.8 Å². The summed E-state index contributed by atoms with van der Waals surface area (Å²) in [5, 5.41) is 3.73. The summed E-state index contributed by atoms with van der Waals surface area (Å²) < 4.78 is 42.9. The molecule has 0 atom stereocenters. The van der Waals surface area contributed by atoms with E-state index in [1.807, 2.05) is 54.6 Å². The molecule has 4 aromatic carbocycles. The minimum Gasteiger partial charge on any atom is -0.497 e. The average molecular weight is 626 g/mol. The number of rotatable bonds is 10. The predicted octanol–water partition coefficient (Wildman–Crippen LogP) is 6.51. The summed E-state index contributed by atoms with van der Waals surface area (Å²) in [4.78, 5) is 29.7. The van der Waals surface area contributed by atoms with E-state index in [0.29, 0.717) is 28.4 Å². The molecule has 0 spiro atoms. The Bertz CT molecular complexity index is 2090. The molecule has 0 radical (unpaired) electrons. The van der Waals surface area contributed by atoms with E-state index in [1.54, 1.807) is 31.4 Å². The monoisotopic (exact) mass is 625 g/mol. The van der Waals surface area contributed by atoms with Crippen molar-refractivity contribution in [3.63, 3.8) is 0 Å². The standard InChI is InChI=1S/C35H29F2N3O4S/c1-43-25-16-14-23(15-17-25)32-27(20-38-19-22-8-4-3-5-9-22)31-33(41)40(24-10-6-11-26(18-24)44-2)35(42)39(34(31)45-32)21-28-29(36)12-7-13-30(28)37/h3-18,38H,19-21H2,1-2H3. The molecule has 0 aliphatic heterocycles. The fourth-order valence-electron chi connectivity index (χ4n) is 5.30. The molecule has 10 heteroatoms. The fraction of sp³-hybridized carbons (Fsp3) is 0.143. The van der Waals surface area contributed by atoms with Gasteiger partial charge in [-0.3, -0.25) is 9.36 Å². The Hall–Kier alpha value is -5.06. The Kier molecular flexibility index (Phi) is 8.59. The smallest absolute Gasteiger partial charge is 0.337 e. The highest BCUT2D eigenvalue weighted by atomic mass is 32.1. The van der Waals surface area contributed by atoms with Gasteiger partial charge in [-0.1, -0.05) is 42.5 Å². The summed E-state index contributed by atoms with van der Waals surface area (Å²) in [6.07, 6.45) is 0. The lowest BCUT2D eigenvalue weighted by molar-refractivity contribution is 0.414. The quantitative estimate of drug-likeness (QED) is 0.188. The van der Waals surface area contributed by atoms with Crippen molar-refractivity contribution in [3.8, 4) is 27.6 Å². The van der Waals surface area contributed by atoms with Crippen LogP contribution in [-0.4, -0.2) is 23.4 Å². The number of methoxy groups -OCH3 is 2. The van der Waals surface area contributed by atoms with Gasteiger partial charge >= 0.3 is 5.69 Å². The topological polar surface area (TPSA) is 74.5 Å². The van der Waals surface area contributed by atoms with E-state index in [9.17, 15) is 18.4 Å². The summed E-state index contributed by atoms with van der Waals surface area (Å²) in [7, 11) is 3.07. The van der Waals surface area contributed by atoms with Gasteiger partial charge in [-0.2, -0.15) is 0 Å². The lowest BCUT2D eigenvalue weighted by Gasteiger charge is -2.14. The van der Waals surface area contributed by atoms with Crippen LogP contribution in [0.15, 0.2) is 107 Å². The molecule has 0 saturated carbocycles. The van der Waals surface area contributed by atoms with Crippen LogP contribution >= 0.6 is 11.3 Å². The van der Waals surface area contributed by atoms with E-state index >= 15 is 0 Å². The van der Waals surface area contributed by atoms with E-state index < -0.39 is 29.4 Å². The lowest BCUT2D eigenvalue weighted by Crippen LogP contribution is -2.39. The molecule has 0 aliphatic carbocycles. The number of aromatic nitrogens is 2. The number of halogens is 2. The van der Waals surface area contributed by atoms with Gasteiger partial charge in [0.15, 0.2) is 0 Å². The van der Waals surface area contributed by atoms with Crippen molar-refractivity contribution in [2.24, 2.45) is 0 Å². The van der Waals surface area contributed by atoms with Crippen molar-refractivity contribution in [1.29, 1.82) is 0 Å². The van der Waals surface area contributed by atoms with Crippen LogP contribution in [-0.2, 0) is 19.6 Å². The van der Waals surface area contributed by atoms with Gasteiger partial charge in [-0.15, -0.1) is 11.3 Å². The number of ether oxygens (including phenoxy) is 2. The van der Waals surface area contributed by atoms with Crippen LogP contribution in [0.4, 0.5) is 8.78 Å². The summed E-state index contributed by atoms with van der Waals surface area (Å²) in [6.45, 7) is 0.401. The van der Waals surface area contributed by atoms with Crippen LogP contribution in [0.1, 0.15) is 16.7 Å². The Morgan fingerprint density at radius 2 is 1.44 bits per heavy atom. The second-order valence-electron chi connectivity index (χ2n) is 10.3. The Morgan fingerprint density at radius 1 is 0.756 bits per heavy atom. The zero-order valence-electron chi connectivity index (χ0n) is 24.6. The summed E-state index contributed by atoms with van der Waals surface area (Å²) in [5.41, 5.74) is 1.26. The Balaban J connectivity index is 1.63. The highest BCUT2D eigenvalue weighted by Gasteiger charge is 2.25. The van der Waals surface area contributed by atoms with Crippen LogP contribution in [0.25, 0.3) is 26.3 Å². The zero-order valence-corrected chi connectivity index (χ0v) is 25.4. The minimum atomic E-state index is -0.786. The van der Waals surface area contributed by atoms with Crippen molar-refractivity contribution < 1.29 is 18.3 Å². The molecule has 6 aromatic rings. The summed E-state index contributed by atoms with van der Waals surface area (Å²) >= 11 is 1.23. The molecule has 1 N–H and O–H groups in total. The van der Waals surface area contributed by atoms with Crippen molar-refractivity contribution >= 4 is 21.6 Å². The molecule has 0 fully saturated rings. The van der Waals surface area contributed by atoms with E-state index in [4.69, 9.17) is 9.47 Å². The number of hydrogen-bond acceptors (Lipinski definition) is 6. The summed E-state index contributed by atoms with van der Waals surface area (Å²) in [6, 6.07) is 27.4. The number of benzene rings is 4. The first-order valence-electron chi connectivity index (χ1n) is 14.2. The maximum atomic E-state index is 15.0. The van der Waals surface area contributed by atoms with Crippen molar-refractivity contribution in [2.45, 2.75) is 19.6 Å². The first-order valence-corrected chi connectivity index (χ1v) is 15.0. The lowest BCUT2D eigenvalue weighted by atomic mass is 10.1. The molecule has 228 valence electrons. The minimum absolute atomic E-state index is 0.273. The van der Waals surface area contributed by atoms with Gasteiger partial charge in [-0.05, 0) is 65.2 Å². The number of hydrogen-bond donors (Lipinski definition) is 1. The SMILES string of the molecule is COc1ccc(-c2sc3c(c2CNCc2ccccc2)c(=O)n(-c2cccc(OC)c2)c(=O)n3Cc2c(F)cccc2F)cc1. The third-order valence-corrected chi connectivity index (χ3v) is 8.89. The first kappa shape index (κ1) is 30.0. The molecular weight excluding hydrogens is 596 g/mol. The van der Waals surface area contributed by atoms with Gasteiger partial charge in [-0.25, -0.2) is 18.1 Å². The number of fused-ring (bicyclic) bond motifs is 1. The highest BCUT2D eigenvalue weighted by Crippen LogP contribution is 2.38. The molecular formula is C35H29F2N3O4S. The molecule has 7 nitrogen and oxygen atoms in total. The van der Waals surface area contributed by atoms with Crippen molar-refractivity contribution in [3.05, 3.63) is 146 Å². The normalized spacial score (nSPS) is 11.2. The third-order valence-electron chi connectivity index (χ3n) is 7.59. The molecule has 6 rings (SSSR count). The summed E-state index contributed by atoms with van der Waals surface area (Å²) in [5.74, 6) is -0.466. The van der Waals surface area contributed by atoms with Gasteiger partial charge in [0.1, 0.15) is 28.0 Å². The predicted molar refractivity (Wildman–Crippen MR) is 173 cm³/mol. The van der Waals surface area contributed by atoms with Crippen LogP contribution in [0, 0.1) is 11.6 Å². The average Bonchev–Trinajstić information content (AvgIpc) is 3.44. The molecule has 45 heavy (non-hydrogen) atoms. The second kappa shape index (κ2) is 12.9. The highest BCUT2D eigenvalue weighted by molar-refractivity contribution is 7.22. The Morgan fingerprint density at radius 3 is 2.13 bits per heavy atom. The molecule has 0 unspecified atom stereocenters. The first-order chi connectivity index (χ1) is 21.9. The van der Waals surface area contributed by atoms with Crippen LogP contribution in [0.5, 0.6) is 11.5 Å². The van der Waals surface area contributed by atoms with Crippen molar-refractivity contribution in [1.82, 2.24) is 14.5 Å². The van der Waals surface area contributed by atoms with Crippen molar-refractivity contribution in [2.75, 3.05) is 14.2 Å². The van der Waals surface area contributed by atoms with Crippen LogP contribution < -0.4 is 26.0 Å². The molecule has 2 heterocycles. The van der Waals surface area contributed by atoms with E-state index in [0.717, 1.165) is 32.7 Å².